The SMILES string of the molecule is COC[C@@H](C)N1Cc2c(n(CC(=O)Nc3ccc(F)cn3)c3cc(C(C)(C)C)nn3c2=O)C1=O. The molecule has 0 saturated carbocycles. The number of carbonyl (C=O) groups excluding carboxylic acids is 2. The van der Waals surface area contributed by atoms with Crippen LogP contribution in [0.4, 0.5) is 10.2 Å². The average molecular weight is 471 g/mol. The van der Waals surface area contributed by atoms with Crippen molar-refractivity contribution in [1.82, 2.24) is 24.1 Å². The largest absolute Gasteiger partial charge is 0.383 e. The minimum atomic E-state index is -0.525. The molecule has 11 heteroatoms. The first kappa shape index (κ1) is 23.6. The second-order valence-corrected chi connectivity index (χ2v) is 9.42. The van der Waals surface area contributed by atoms with E-state index in [1.165, 1.54) is 21.2 Å². The Hall–Kier alpha value is -3.60. The minimum absolute atomic E-state index is 0.0965. The molecule has 0 saturated heterocycles. The second kappa shape index (κ2) is 8.64. The monoisotopic (exact) mass is 470 g/mol. The van der Waals surface area contributed by atoms with Crippen LogP contribution in [0.5, 0.6) is 0 Å². The van der Waals surface area contributed by atoms with Crippen LogP contribution in [-0.4, -0.2) is 55.6 Å². The van der Waals surface area contributed by atoms with E-state index in [0.29, 0.717) is 17.9 Å². The van der Waals surface area contributed by atoms with Crippen molar-refractivity contribution >= 4 is 23.3 Å². The first-order valence-corrected chi connectivity index (χ1v) is 10.9. The van der Waals surface area contributed by atoms with Gasteiger partial charge in [0.2, 0.25) is 5.91 Å². The van der Waals surface area contributed by atoms with Crippen LogP contribution in [0.1, 0.15) is 49.4 Å². The molecule has 4 heterocycles. The van der Waals surface area contributed by atoms with Gasteiger partial charge in [-0.15, -0.1) is 0 Å². The summed E-state index contributed by atoms with van der Waals surface area (Å²) in [6.07, 6.45) is 0.996. The molecule has 2 amide bonds. The number of amides is 2. The third kappa shape index (κ3) is 4.18. The molecule has 1 N–H and O–H groups in total. The molecule has 180 valence electrons. The molecular weight excluding hydrogens is 443 g/mol. The second-order valence-electron chi connectivity index (χ2n) is 9.42. The van der Waals surface area contributed by atoms with Crippen molar-refractivity contribution in [3.05, 3.63) is 57.5 Å². The summed E-state index contributed by atoms with van der Waals surface area (Å²) < 4.78 is 21.1. The number of halogens is 1. The van der Waals surface area contributed by atoms with Gasteiger partial charge in [-0.1, -0.05) is 20.8 Å². The van der Waals surface area contributed by atoms with Crippen molar-refractivity contribution in [1.29, 1.82) is 0 Å². The number of pyridine rings is 1. The smallest absolute Gasteiger partial charge is 0.280 e. The maximum atomic E-state index is 13.4. The molecule has 0 aliphatic carbocycles. The lowest BCUT2D eigenvalue weighted by atomic mass is 9.93. The fourth-order valence-corrected chi connectivity index (χ4v) is 3.97. The molecule has 0 aromatic carbocycles. The van der Waals surface area contributed by atoms with Gasteiger partial charge in [-0.2, -0.15) is 9.61 Å². The third-order valence-corrected chi connectivity index (χ3v) is 5.77. The molecule has 34 heavy (non-hydrogen) atoms. The standard InChI is InChI=1S/C23H27FN6O4/c1-13(12-34-5)28-10-15-20(22(28)33)29(11-18(31)26-17-7-6-14(24)9-25-17)19-8-16(23(2,3)4)27-30(19)21(15)32/h6-9,13H,10-12H2,1-5H3,(H,25,26,31)/t13-/m1/s1. The number of carbonyl (C=O) groups is 2. The van der Waals surface area contributed by atoms with Gasteiger partial charge < -0.3 is 19.5 Å². The molecule has 0 bridgehead atoms. The third-order valence-electron chi connectivity index (χ3n) is 5.77. The number of fused-ring (bicyclic) bond motifs is 2. The summed E-state index contributed by atoms with van der Waals surface area (Å²) in [6.45, 7) is 7.85. The summed E-state index contributed by atoms with van der Waals surface area (Å²) in [6, 6.07) is 3.98. The molecule has 1 atom stereocenters. The van der Waals surface area contributed by atoms with Gasteiger partial charge in [0.05, 0.1) is 36.6 Å². The normalized spacial score (nSPS) is 14.5. The molecule has 0 fully saturated rings. The number of ether oxygens (including phenoxy) is 1. The van der Waals surface area contributed by atoms with E-state index >= 15 is 0 Å². The molecule has 1 aliphatic heterocycles. The number of aromatic nitrogens is 4. The van der Waals surface area contributed by atoms with Crippen LogP contribution in [0.25, 0.3) is 5.65 Å². The zero-order valence-electron chi connectivity index (χ0n) is 19.8. The number of nitrogens with zero attached hydrogens (tertiary/aromatic N) is 5. The highest BCUT2D eigenvalue weighted by Crippen LogP contribution is 2.27. The molecule has 4 rings (SSSR count). The van der Waals surface area contributed by atoms with Gasteiger partial charge in [0.15, 0.2) is 0 Å². The number of anilines is 1. The lowest BCUT2D eigenvalue weighted by molar-refractivity contribution is -0.116. The maximum absolute atomic E-state index is 13.4. The van der Waals surface area contributed by atoms with Gasteiger partial charge in [0.25, 0.3) is 11.5 Å². The molecule has 3 aromatic rings. The summed E-state index contributed by atoms with van der Waals surface area (Å²) in [5, 5.41) is 7.10. The van der Waals surface area contributed by atoms with Crippen molar-refractivity contribution in [3.8, 4) is 0 Å². The predicted octanol–water partition coefficient (Wildman–Crippen LogP) is 1.96. The van der Waals surface area contributed by atoms with E-state index in [0.717, 1.165) is 6.20 Å². The summed E-state index contributed by atoms with van der Waals surface area (Å²) in [7, 11) is 1.54. The van der Waals surface area contributed by atoms with Crippen LogP contribution >= 0.6 is 0 Å². The van der Waals surface area contributed by atoms with Gasteiger partial charge in [0, 0.05) is 18.6 Å². The van der Waals surface area contributed by atoms with Crippen LogP contribution < -0.4 is 10.9 Å². The lowest BCUT2D eigenvalue weighted by Crippen LogP contribution is -2.37. The number of hydrogen-bond acceptors (Lipinski definition) is 6. The quantitative estimate of drug-likeness (QED) is 0.590. The number of methoxy groups -OCH3 is 1. The number of rotatable bonds is 6. The highest BCUT2D eigenvalue weighted by Gasteiger charge is 2.37. The Labute approximate surface area is 195 Å². The predicted molar refractivity (Wildman–Crippen MR) is 122 cm³/mol. The van der Waals surface area contributed by atoms with Crippen LogP contribution in [0, 0.1) is 5.82 Å². The van der Waals surface area contributed by atoms with Crippen LogP contribution in [0.15, 0.2) is 29.2 Å². The van der Waals surface area contributed by atoms with Gasteiger partial charge in [-0.25, -0.2) is 9.37 Å². The van der Waals surface area contributed by atoms with Gasteiger partial charge in [0.1, 0.15) is 29.5 Å². The van der Waals surface area contributed by atoms with E-state index in [2.05, 4.69) is 15.4 Å². The van der Waals surface area contributed by atoms with Crippen molar-refractivity contribution < 1.29 is 18.7 Å². The Kier molecular flexibility index (Phi) is 5.98. The Morgan fingerprint density at radius 3 is 2.65 bits per heavy atom. The summed E-state index contributed by atoms with van der Waals surface area (Å²) in [4.78, 5) is 45.0. The van der Waals surface area contributed by atoms with E-state index in [1.54, 1.807) is 18.1 Å². The Morgan fingerprint density at radius 1 is 1.29 bits per heavy atom. The van der Waals surface area contributed by atoms with Gasteiger partial charge in [-0.3, -0.25) is 14.4 Å². The number of hydrogen-bond donors (Lipinski definition) is 1. The maximum Gasteiger partial charge on any atom is 0.280 e. The molecular formula is C23H27FN6O4. The molecule has 0 unspecified atom stereocenters. The van der Waals surface area contributed by atoms with Gasteiger partial charge >= 0.3 is 0 Å². The number of nitrogens with one attached hydrogen (secondary N) is 1. The highest BCUT2D eigenvalue weighted by atomic mass is 19.1. The zero-order chi connectivity index (χ0) is 24.8. The van der Waals surface area contributed by atoms with Crippen LogP contribution in [0.2, 0.25) is 0 Å². The Balaban J connectivity index is 1.82. The molecule has 0 spiro atoms. The van der Waals surface area contributed by atoms with E-state index in [-0.39, 0.29) is 47.5 Å². The summed E-state index contributed by atoms with van der Waals surface area (Å²) >= 11 is 0. The van der Waals surface area contributed by atoms with E-state index in [1.807, 2.05) is 27.7 Å². The first-order valence-electron chi connectivity index (χ1n) is 10.9. The first-order chi connectivity index (χ1) is 16.0. The molecule has 10 nitrogen and oxygen atoms in total. The minimum Gasteiger partial charge on any atom is -0.383 e. The van der Waals surface area contributed by atoms with Crippen molar-refractivity contribution in [2.75, 3.05) is 19.0 Å². The Bertz CT molecular complexity index is 1320. The van der Waals surface area contributed by atoms with Crippen LogP contribution in [0.3, 0.4) is 0 Å². The fraction of sp³-hybridized carbons (Fsp3) is 0.435. The highest BCUT2D eigenvalue weighted by molar-refractivity contribution is 5.98. The summed E-state index contributed by atoms with van der Waals surface area (Å²) in [5.41, 5.74) is 0.673. The molecule has 3 aromatic heterocycles. The van der Waals surface area contributed by atoms with Crippen LogP contribution in [-0.2, 0) is 28.0 Å². The average Bonchev–Trinajstić information content (AvgIpc) is 3.36. The lowest BCUT2D eigenvalue weighted by Gasteiger charge is -2.23. The topological polar surface area (TPSA) is 111 Å². The fourth-order valence-electron chi connectivity index (χ4n) is 3.97. The van der Waals surface area contributed by atoms with Gasteiger partial charge in [-0.05, 0) is 19.1 Å². The summed E-state index contributed by atoms with van der Waals surface area (Å²) in [5.74, 6) is -1.19. The van der Waals surface area contributed by atoms with E-state index < -0.39 is 17.3 Å². The zero-order valence-corrected chi connectivity index (χ0v) is 19.8. The van der Waals surface area contributed by atoms with Crippen molar-refractivity contribution in [3.63, 3.8) is 0 Å². The molecule has 0 radical (unpaired) electrons. The van der Waals surface area contributed by atoms with Crippen molar-refractivity contribution in [2.24, 2.45) is 0 Å². The molecule has 1 aliphatic rings. The Morgan fingerprint density at radius 2 is 2.03 bits per heavy atom. The van der Waals surface area contributed by atoms with E-state index in [4.69, 9.17) is 4.74 Å². The van der Waals surface area contributed by atoms with E-state index in [9.17, 15) is 18.8 Å². The van der Waals surface area contributed by atoms with Crippen molar-refractivity contribution in [2.45, 2.75) is 52.2 Å².